The maximum absolute atomic E-state index is 12.2. The van der Waals surface area contributed by atoms with Gasteiger partial charge in [-0.25, -0.2) is 13.1 Å². The average molecular weight is 349 g/mol. The normalized spacial score (nSPS) is 19.6. The summed E-state index contributed by atoms with van der Waals surface area (Å²) in [6, 6.07) is 5.04. The first-order valence-electron chi connectivity index (χ1n) is 6.09. The third-order valence-electron chi connectivity index (χ3n) is 3.11. The van der Waals surface area contributed by atoms with Crippen LogP contribution in [0.15, 0.2) is 27.6 Å². The molecule has 106 valence electrons. The molecule has 1 aromatic rings. The summed E-state index contributed by atoms with van der Waals surface area (Å²) in [5.74, 6) is 0.614. The van der Waals surface area contributed by atoms with Crippen LogP contribution in [0.25, 0.3) is 0 Å². The Kier molecular flexibility index (Phi) is 4.83. The van der Waals surface area contributed by atoms with Gasteiger partial charge in [-0.1, -0.05) is 0 Å². The summed E-state index contributed by atoms with van der Waals surface area (Å²) in [6.07, 6.45) is 2.10. The van der Waals surface area contributed by atoms with Gasteiger partial charge in [0.25, 0.3) is 0 Å². The maximum atomic E-state index is 12.2. The zero-order valence-electron chi connectivity index (χ0n) is 10.6. The van der Waals surface area contributed by atoms with Gasteiger partial charge in [-0.2, -0.15) is 0 Å². The molecule has 0 aromatic heterocycles. The Morgan fingerprint density at radius 2 is 2.32 bits per heavy atom. The lowest BCUT2D eigenvalue weighted by molar-refractivity contribution is 0.414. The molecule has 1 unspecified atom stereocenters. The van der Waals surface area contributed by atoms with Crippen molar-refractivity contribution in [2.75, 3.05) is 20.2 Å². The van der Waals surface area contributed by atoms with Crippen molar-refractivity contribution in [2.45, 2.75) is 23.8 Å². The number of hydrogen-bond acceptors (Lipinski definition) is 4. The topological polar surface area (TPSA) is 67.4 Å². The molecule has 1 aromatic carbocycles. The lowest BCUT2D eigenvalue weighted by Crippen LogP contribution is -2.37. The Balaban J connectivity index is 2.10. The van der Waals surface area contributed by atoms with E-state index in [4.69, 9.17) is 4.74 Å². The molecule has 0 spiro atoms. The third kappa shape index (κ3) is 3.68. The number of nitrogens with one attached hydrogen (secondary N) is 2. The molecule has 0 amide bonds. The van der Waals surface area contributed by atoms with Gasteiger partial charge in [-0.3, -0.25) is 0 Å². The Morgan fingerprint density at radius 3 is 2.89 bits per heavy atom. The second-order valence-corrected chi connectivity index (χ2v) is 7.03. The Bertz CT molecular complexity index is 542. The second-order valence-electron chi connectivity index (χ2n) is 4.44. The van der Waals surface area contributed by atoms with Crippen molar-refractivity contribution in [3.63, 3.8) is 0 Å². The van der Waals surface area contributed by atoms with E-state index >= 15 is 0 Å². The van der Waals surface area contributed by atoms with E-state index in [1.807, 2.05) is 0 Å². The van der Waals surface area contributed by atoms with Crippen LogP contribution < -0.4 is 14.8 Å². The van der Waals surface area contributed by atoms with Gasteiger partial charge in [0.1, 0.15) is 5.75 Å². The van der Waals surface area contributed by atoms with Crippen LogP contribution in [0.5, 0.6) is 5.75 Å². The summed E-state index contributed by atoms with van der Waals surface area (Å²) in [5.41, 5.74) is 0. The van der Waals surface area contributed by atoms with E-state index in [9.17, 15) is 8.42 Å². The molecule has 1 atom stereocenters. The van der Waals surface area contributed by atoms with Gasteiger partial charge in [0, 0.05) is 17.1 Å². The summed E-state index contributed by atoms with van der Waals surface area (Å²) >= 11 is 3.26. The molecule has 1 fully saturated rings. The van der Waals surface area contributed by atoms with Crippen LogP contribution in [0.2, 0.25) is 0 Å². The summed E-state index contributed by atoms with van der Waals surface area (Å²) in [4.78, 5) is 0.228. The molecule has 7 heteroatoms. The van der Waals surface area contributed by atoms with Crippen molar-refractivity contribution in [3.8, 4) is 5.75 Å². The minimum atomic E-state index is -3.50. The van der Waals surface area contributed by atoms with Crippen LogP contribution in [-0.4, -0.2) is 34.7 Å². The van der Waals surface area contributed by atoms with Crippen LogP contribution in [-0.2, 0) is 10.0 Å². The second kappa shape index (κ2) is 6.21. The Morgan fingerprint density at radius 1 is 1.53 bits per heavy atom. The first kappa shape index (κ1) is 14.8. The van der Waals surface area contributed by atoms with Crippen molar-refractivity contribution in [1.82, 2.24) is 10.0 Å². The highest BCUT2D eigenvalue weighted by molar-refractivity contribution is 9.10. The van der Waals surface area contributed by atoms with E-state index < -0.39 is 10.0 Å². The largest absolute Gasteiger partial charge is 0.497 e. The minimum Gasteiger partial charge on any atom is -0.497 e. The molecular formula is C12H17BrN2O3S. The van der Waals surface area contributed by atoms with E-state index in [0.29, 0.717) is 16.8 Å². The quantitative estimate of drug-likeness (QED) is 0.845. The van der Waals surface area contributed by atoms with E-state index in [2.05, 4.69) is 26.0 Å². The fraction of sp³-hybridized carbons (Fsp3) is 0.500. The number of ether oxygens (including phenoxy) is 1. The highest BCUT2D eigenvalue weighted by Gasteiger charge is 2.21. The number of methoxy groups -OCH3 is 1. The van der Waals surface area contributed by atoms with Crippen molar-refractivity contribution in [1.29, 1.82) is 0 Å². The van der Waals surface area contributed by atoms with Crippen LogP contribution in [0.4, 0.5) is 0 Å². The van der Waals surface area contributed by atoms with Crippen molar-refractivity contribution < 1.29 is 13.2 Å². The van der Waals surface area contributed by atoms with Gasteiger partial charge in [0.05, 0.1) is 12.0 Å². The maximum Gasteiger partial charge on any atom is 0.241 e. The van der Waals surface area contributed by atoms with E-state index in [1.54, 1.807) is 19.2 Å². The molecule has 0 radical (unpaired) electrons. The molecule has 19 heavy (non-hydrogen) atoms. The first-order valence-corrected chi connectivity index (χ1v) is 8.37. The lowest BCUT2D eigenvalue weighted by atomic mass is 10.2. The predicted octanol–water partition coefficient (Wildman–Crippen LogP) is 1.49. The van der Waals surface area contributed by atoms with Gasteiger partial charge in [0.2, 0.25) is 10.0 Å². The summed E-state index contributed by atoms with van der Waals surface area (Å²) < 4.78 is 32.6. The number of sulfonamides is 1. The van der Waals surface area contributed by atoms with Gasteiger partial charge in [0.15, 0.2) is 0 Å². The number of rotatable bonds is 5. The molecule has 1 aliphatic heterocycles. The van der Waals surface area contributed by atoms with Crippen LogP contribution in [0, 0.1) is 0 Å². The summed E-state index contributed by atoms with van der Waals surface area (Å²) in [6.45, 7) is 1.37. The van der Waals surface area contributed by atoms with Crippen LogP contribution >= 0.6 is 15.9 Å². The third-order valence-corrected chi connectivity index (χ3v) is 5.51. The zero-order valence-corrected chi connectivity index (χ0v) is 13.1. The smallest absolute Gasteiger partial charge is 0.241 e. The molecule has 1 aliphatic rings. The highest BCUT2D eigenvalue weighted by atomic mass is 79.9. The molecule has 0 saturated carbocycles. The van der Waals surface area contributed by atoms with Crippen molar-refractivity contribution in [2.24, 2.45) is 0 Å². The lowest BCUT2D eigenvalue weighted by Gasteiger charge is -2.13. The average Bonchev–Trinajstić information content (AvgIpc) is 2.89. The summed E-state index contributed by atoms with van der Waals surface area (Å²) in [7, 11) is -1.95. The van der Waals surface area contributed by atoms with Crippen LogP contribution in [0.3, 0.4) is 0 Å². The first-order chi connectivity index (χ1) is 9.03. The minimum absolute atomic E-state index is 0.228. The van der Waals surface area contributed by atoms with E-state index in [0.717, 1.165) is 19.4 Å². The predicted molar refractivity (Wildman–Crippen MR) is 76.9 cm³/mol. The standard InChI is InChI=1S/C12H17BrN2O3S/c1-18-10-4-5-12(11(13)7-10)19(16,17)15-8-9-3-2-6-14-9/h4-5,7,9,14-15H,2-3,6,8H2,1H3. The Hall–Kier alpha value is -0.630. The van der Waals surface area contributed by atoms with Gasteiger partial charge < -0.3 is 10.1 Å². The SMILES string of the molecule is COc1ccc(S(=O)(=O)NCC2CCCN2)c(Br)c1. The zero-order chi connectivity index (χ0) is 13.9. The van der Waals surface area contributed by atoms with Crippen molar-refractivity contribution >= 4 is 26.0 Å². The van der Waals surface area contributed by atoms with Gasteiger partial charge in [-0.05, 0) is 53.5 Å². The molecule has 0 aliphatic carbocycles. The highest BCUT2D eigenvalue weighted by Crippen LogP contribution is 2.26. The molecular weight excluding hydrogens is 332 g/mol. The molecule has 5 nitrogen and oxygen atoms in total. The molecule has 0 bridgehead atoms. The van der Waals surface area contributed by atoms with E-state index in [1.165, 1.54) is 6.07 Å². The van der Waals surface area contributed by atoms with E-state index in [-0.39, 0.29) is 10.9 Å². The molecule has 1 heterocycles. The molecule has 2 N–H and O–H groups in total. The Labute approximate surface area is 121 Å². The van der Waals surface area contributed by atoms with Crippen molar-refractivity contribution in [3.05, 3.63) is 22.7 Å². The number of halogens is 1. The van der Waals surface area contributed by atoms with Gasteiger partial charge in [-0.15, -0.1) is 0 Å². The molecule has 2 rings (SSSR count). The van der Waals surface area contributed by atoms with Crippen LogP contribution in [0.1, 0.15) is 12.8 Å². The number of benzene rings is 1. The fourth-order valence-corrected chi connectivity index (χ4v) is 4.18. The summed E-state index contributed by atoms with van der Waals surface area (Å²) in [5, 5.41) is 3.25. The monoisotopic (exact) mass is 348 g/mol. The molecule has 1 saturated heterocycles. The van der Waals surface area contributed by atoms with Gasteiger partial charge >= 0.3 is 0 Å². The number of hydrogen-bond donors (Lipinski definition) is 2. The fourth-order valence-electron chi connectivity index (χ4n) is 2.05.